The van der Waals surface area contributed by atoms with E-state index in [9.17, 15) is 4.39 Å². The van der Waals surface area contributed by atoms with Crippen molar-refractivity contribution in [3.05, 3.63) is 36.2 Å². The summed E-state index contributed by atoms with van der Waals surface area (Å²) in [6.07, 6.45) is 12.1. The first-order valence-corrected chi connectivity index (χ1v) is 4.44. The largest absolute Gasteiger partial charge is 0.207 e. The zero-order valence-corrected chi connectivity index (χ0v) is 7.89. The van der Waals surface area contributed by atoms with Crippen LogP contribution in [0.2, 0.25) is 0 Å². The van der Waals surface area contributed by atoms with Crippen LogP contribution in [-0.2, 0) is 0 Å². The zero-order chi connectivity index (χ0) is 9.23. The molecule has 0 aromatic rings. The van der Waals surface area contributed by atoms with Crippen LogP contribution in [0.4, 0.5) is 4.39 Å². The molecule has 0 aliphatic carbocycles. The van der Waals surface area contributed by atoms with Crippen molar-refractivity contribution in [2.45, 2.75) is 33.1 Å². The minimum atomic E-state index is -0.158. The molecule has 0 atom stereocenters. The summed E-state index contributed by atoms with van der Waals surface area (Å²) >= 11 is 0. The molecule has 0 aliphatic rings. The third-order valence-corrected chi connectivity index (χ3v) is 1.46. The molecule has 0 amide bonds. The third-order valence-electron chi connectivity index (χ3n) is 1.46. The van der Waals surface area contributed by atoms with Crippen molar-refractivity contribution in [3.63, 3.8) is 0 Å². The van der Waals surface area contributed by atoms with Crippen LogP contribution < -0.4 is 0 Å². The third kappa shape index (κ3) is 7.26. The van der Waals surface area contributed by atoms with Crippen LogP contribution in [0.25, 0.3) is 0 Å². The van der Waals surface area contributed by atoms with Gasteiger partial charge in [-0.1, -0.05) is 31.2 Å². The van der Waals surface area contributed by atoms with E-state index in [-0.39, 0.29) is 5.83 Å². The fourth-order valence-electron chi connectivity index (χ4n) is 0.769. The molecule has 0 bridgehead atoms. The summed E-state index contributed by atoms with van der Waals surface area (Å²) in [5.41, 5.74) is 0. The average molecular weight is 168 g/mol. The highest BCUT2D eigenvalue weighted by atomic mass is 19.1. The van der Waals surface area contributed by atoms with Gasteiger partial charge in [-0.25, -0.2) is 4.39 Å². The van der Waals surface area contributed by atoms with Gasteiger partial charge < -0.3 is 0 Å². The summed E-state index contributed by atoms with van der Waals surface area (Å²) in [5.74, 6) is -0.158. The van der Waals surface area contributed by atoms with Crippen molar-refractivity contribution >= 4 is 0 Å². The predicted molar refractivity (Wildman–Crippen MR) is 52.7 cm³/mol. The molecule has 0 heterocycles. The minimum absolute atomic E-state index is 0.158. The van der Waals surface area contributed by atoms with Crippen molar-refractivity contribution in [3.8, 4) is 0 Å². The molecule has 68 valence electrons. The molecule has 0 spiro atoms. The topological polar surface area (TPSA) is 0 Å². The molecule has 0 aromatic carbocycles. The number of rotatable bonds is 5. The van der Waals surface area contributed by atoms with Crippen LogP contribution in [0.15, 0.2) is 36.2 Å². The van der Waals surface area contributed by atoms with Crippen molar-refractivity contribution in [1.29, 1.82) is 0 Å². The first-order valence-electron chi connectivity index (χ1n) is 4.44. The second kappa shape index (κ2) is 8.25. The highest BCUT2D eigenvalue weighted by Gasteiger charge is 1.81. The van der Waals surface area contributed by atoms with E-state index >= 15 is 0 Å². The van der Waals surface area contributed by atoms with Crippen LogP contribution >= 0.6 is 0 Å². The molecule has 0 unspecified atom stereocenters. The smallest absolute Gasteiger partial charge is 0.118 e. The standard InChI is InChI=1S/C11H17F/c1-3-5-6-7-8-9-10-11(12)4-2/h4-6,9-10H,3,7-8H2,1-2H3/b6-5?,10-9-,11-4+. The monoisotopic (exact) mass is 168 g/mol. The van der Waals surface area contributed by atoms with E-state index in [0.29, 0.717) is 0 Å². The Morgan fingerprint density at radius 2 is 1.83 bits per heavy atom. The van der Waals surface area contributed by atoms with Gasteiger partial charge >= 0.3 is 0 Å². The Bertz CT molecular complexity index is 175. The van der Waals surface area contributed by atoms with Crippen LogP contribution in [0.5, 0.6) is 0 Å². The normalized spacial score (nSPS) is 13.4. The van der Waals surface area contributed by atoms with Gasteiger partial charge in [0.25, 0.3) is 0 Å². The number of hydrogen-bond donors (Lipinski definition) is 0. The first kappa shape index (κ1) is 11.2. The summed E-state index contributed by atoms with van der Waals surface area (Å²) in [6, 6.07) is 0. The first-order chi connectivity index (χ1) is 5.81. The lowest BCUT2D eigenvalue weighted by molar-refractivity contribution is 0.664. The van der Waals surface area contributed by atoms with Crippen molar-refractivity contribution < 1.29 is 4.39 Å². The second-order valence-corrected chi connectivity index (χ2v) is 2.53. The van der Waals surface area contributed by atoms with E-state index in [1.807, 2.05) is 6.08 Å². The Kier molecular flexibility index (Phi) is 7.66. The number of hydrogen-bond acceptors (Lipinski definition) is 0. The van der Waals surface area contributed by atoms with Crippen molar-refractivity contribution in [1.82, 2.24) is 0 Å². The van der Waals surface area contributed by atoms with E-state index in [1.165, 1.54) is 12.2 Å². The summed E-state index contributed by atoms with van der Waals surface area (Å²) < 4.78 is 12.5. The van der Waals surface area contributed by atoms with Gasteiger partial charge in [-0.15, -0.1) is 0 Å². The van der Waals surface area contributed by atoms with Crippen molar-refractivity contribution in [2.24, 2.45) is 0 Å². The molecule has 0 nitrogen and oxygen atoms in total. The van der Waals surface area contributed by atoms with Crippen LogP contribution in [-0.4, -0.2) is 0 Å². The van der Waals surface area contributed by atoms with E-state index in [4.69, 9.17) is 0 Å². The fraction of sp³-hybridized carbons (Fsp3) is 0.455. The zero-order valence-electron chi connectivity index (χ0n) is 7.89. The molecule has 0 rings (SSSR count). The highest BCUT2D eigenvalue weighted by Crippen LogP contribution is 2.00. The van der Waals surface area contributed by atoms with E-state index in [2.05, 4.69) is 19.1 Å². The molecule has 1 heteroatoms. The number of halogens is 1. The van der Waals surface area contributed by atoms with Crippen LogP contribution in [0, 0.1) is 0 Å². The maximum absolute atomic E-state index is 12.5. The van der Waals surface area contributed by atoms with Crippen LogP contribution in [0.3, 0.4) is 0 Å². The lowest BCUT2D eigenvalue weighted by Gasteiger charge is -1.86. The van der Waals surface area contributed by atoms with Crippen molar-refractivity contribution in [2.75, 3.05) is 0 Å². The highest BCUT2D eigenvalue weighted by molar-refractivity contribution is 5.09. The maximum Gasteiger partial charge on any atom is 0.118 e. The van der Waals surface area contributed by atoms with Crippen LogP contribution in [0.1, 0.15) is 33.1 Å². The Labute approximate surface area is 74.5 Å². The Morgan fingerprint density at radius 3 is 2.42 bits per heavy atom. The number of allylic oxidation sites excluding steroid dienone is 6. The molecule has 0 fully saturated rings. The molecular formula is C11H17F. The molecule has 0 radical (unpaired) electrons. The predicted octanol–water partition coefficient (Wildman–Crippen LogP) is 4.16. The molecule has 0 saturated carbocycles. The second-order valence-electron chi connectivity index (χ2n) is 2.53. The number of unbranched alkanes of at least 4 members (excludes halogenated alkanes) is 1. The Morgan fingerprint density at radius 1 is 1.17 bits per heavy atom. The Balaban J connectivity index is 3.43. The summed E-state index contributed by atoms with van der Waals surface area (Å²) in [7, 11) is 0. The van der Waals surface area contributed by atoms with Gasteiger partial charge in [0, 0.05) is 0 Å². The van der Waals surface area contributed by atoms with Gasteiger partial charge in [0.15, 0.2) is 0 Å². The van der Waals surface area contributed by atoms with E-state index < -0.39 is 0 Å². The quantitative estimate of drug-likeness (QED) is 0.328. The van der Waals surface area contributed by atoms with Gasteiger partial charge in [-0.05, 0) is 32.3 Å². The summed E-state index contributed by atoms with van der Waals surface area (Å²) in [5, 5.41) is 0. The summed E-state index contributed by atoms with van der Waals surface area (Å²) in [4.78, 5) is 0. The summed E-state index contributed by atoms with van der Waals surface area (Å²) in [6.45, 7) is 3.79. The molecule has 12 heavy (non-hydrogen) atoms. The van der Waals surface area contributed by atoms with Gasteiger partial charge in [0.05, 0.1) is 0 Å². The lowest BCUT2D eigenvalue weighted by Crippen LogP contribution is -1.66. The molecule has 0 aromatic heterocycles. The van der Waals surface area contributed by atoms with E-state index in [1.54, 1.807) is 6.92 Å². The maximum atomic E-state index is 12.5. The average Bonchev–Trinajstić information content (AvgIpc) is 2.10. The van der Waals surface area contributed by atoms with Gasteiger partial charge in [-0.2, -0.15) is 0 Å². The lowest BCUT2D eigenvalue weighted by atomic mass is 10.2. The van der Waals surface area contributed by atoms with Gasteiger partial charge in [0.1, 0.15) is 5.83 Å². The fourth-order valence-corrected chi connectivity index (χ4v) is 0.769. The molecular weight excluding hydrogens is 151 g/mol. The Hall–Kier alpha value is -0.850. The minimum Gasteiger partial charge on any atom is -0.207 e. The van der Waals surface area contributed by atoms with Gasteiger partial charge in [0.2, 0.25) is 0 Å². The molecule has 0 N–H and O–H groups in total. The van der Waals surface area contributed by atoms with E-state index in [0.717, 1.165) is 19.3 Å². The van der Waals surface area contributed by atoms with Gasteiger partial charge in [-0.3, -0.25) is 0 Å². The molecule has 0 aliphatic heterocycles. The SMILES string of the molecule is C/C=C(F)\C=C/CCC=CCC. The molecule has 0 saturated heterocycles.